The maximum Gasteiger partial charge on any atom is 0.326 e. The summed E-state index contributed by atoms with van der Waals surface area (Å²) in [6.07, 6.45) is 5.34. The number of ether oxygens (including phenoxy) is 1. The fourth-order valence-corrected chi connectivity index (χ4v) is 2.71. The minimum Gasteiger partial charge on any atom is -0.464 e. The largest absolute Gasteiger partial charge is 0.464 e. The van der Waals surface area contributed by atoms with E-state index in [4.69, 9.17) is 10.5 Å². The highest BCUT2D eigenvalue weighted by Crippen LogP contribution is 2.30. The first-order valence-electron chi connectivity index (χ1n) is 7.60. The lowest BCUT2D eigenvalue weighted by Crippen LogP contribution is -2.51. The molecule has 0 amide bonds. The molecule has 2 N–H and O–H groups in total. The summed E-state index contributed by atoms with van der Waals surface area (Å²) in [4.78, 5) is 12.1. The van der Waals surface area contributed by atoms with Crippen LogP contribution >= 0.6 is 0 Å². The summed E-state index contributed by atoms with van der Waals surface area (Å²) in [7, 11) is 0. The lowest BCUT2D eigenvalue weighted by Gasteiger charge is -2.33. The predicted octanol–water partition coefficient (Wildman–Crippen LogP) is 3.07. The van der Waals surface area contributed by atoms with Crippen molar-refractivity contribution in [3.63, 3.8) is 0 Å². The van der Waals surface area contributed by atoms with Gasteiger partial charge in [0.15, 0.2) is 0 Å². The fourth-order valence-electron chi connectivity index (χ4n) is 2.71. The van der Waals surface area contributed by atoms with Crippen molar-refractivity contribution >= 4 is 5.97 Å². The van der Waals surface area contributed by atoms with E-state index in [9.17, 15) is 4.79 Å². The Hall–Kier alpha value is -1.35. The van der Waals surface area contributed by atoms with Crippen molar-refractivity contribution in [3.05, 3.63) is 35.9 Å². The number of benzene rings is 1. The van der Waals surface area contributed by atoms with Gasteiger partial charge in [-0.05, 0) is 50.0 Å². The van der Waals surface area contributed by atoms with Crippen LogP contribution < -0.4 is 5.73 Å². The van der Waals surface area contributed by atoms with Gasteiger partial charge in [0.05, 0.1) is 6.61 Å². The second kappa shape index (κ2) is 6.89. The van der Waals surface area contributed by atoms with Crippen LogP contribution in [-0.2, 0) is 16.0 Å². The lowest BCUT2D eigenvalue weighted by molar-refractivity contribution is -0.151. The molecule has 0 bridgehead atoms. The highest BCUT2D eigenvalue weighted by molar-refractivity contribution is 5.80. The molecule has 3 nitrogen and oxygen atoms in total. The molecule has 110 valence electrons. The molecule has 1 aliphatic carbocycles. The quantitative estimate of drug-likeness (QED) is 0.663. The van der Waals surface area contributed by atoms with Crippen LogP contribution in [0, 0.1) is 5.92 Å². The molecule has 1 aromatic rings. The second-order valence-electron chi connectivity index (χ2n) is 6.06. The Morgan fingerprint density at radius 1 is 1.30 bits per heavy atom. The molecule has 20 heavy (non-hydrogen) atoms. The number of nitrogens with two attached hydrogens (primary N) is 1. The molecule has 1 saturated carbocycles. The van der Waals surface area contributed by atoms with E-state index in [0.29, 0.717) is 12.5 Å². The first-order chi connectivity index (χ1) is 9.60. The number of carbonyl (C=O) groups excluding carboxylic acids is 1. The average Bonchev–Trinajstić information content (AvgIpc) is 2.48. The Morgan fingerprint density at radius 2 is 1.95 bits per heavy atom. The van der Waals surface area contributed by atoms with Gasteiger partial charge in [0.25, 0.3) is 0 Å². The molecule has 0 atom stereocenters. The summed E-state index contributed by atoms with van der Waals surface area (Å²) in [5, 5.41) is 0. The molecule has 0 radical (unpaired) electrons. The van der Waals surface area contributed by atoms with Crippen LogP contribution in [0.4, 0.5) is 0 Å². The van der Waals surface area contributed by atoms with E-state index >= 15 is 0 Å². The molecule has 2 rings (SSSR count). The van der Waals surface area contributed by atoms with Crippen molar-refractivity contribution in [3.8, 4) is 0 Å². The third kappa shape index (κ3) is 4.07. The molecular weight excluding hydrogens is 250 g/mol. The smallest absolute Gasteiger partial charge is 0.326 e. The van der Waals surface area contributed by atoms with E-state index in [0.717, 1.165) is 38.5 Å². The molecule has 0 spiro atoms. The summed E-state index contributed by atoms with van der Waals surface area (Å²) in [6.45, 7) is 2.67. The molecule has 1 aromatic carbocycles. The zero-order valence-electron chi connectivity index (χ0n) is 12.3. The molecular formula is C17H25NO2. The summed E-state index contributed by atoms with van der Waals surface area (Å²) in [5.74, 6) is 0.468. The van der Waals surface area contributed by atoms with E-state index < -0.39 is 5.54 Å². The predicted molar refractivity (Wildman–Crippen MR) is 80.3 cm³/mol. The minimum absolute atomic E-state index is 0.211. The van der Waals surface area contributed by atoms with Gasteiger partial charge in [-0.25, -0.2) is 0 Å². The van der Waals surface area contributed by atoms with Gasteiger partial charge in [-0.15, -0.1) is 0 Å². The van der Waals surface area contributed by atoms with Crippen molar-refractivity contribution in [1.29, 1.82) is 0 Å². The van der Waals surface area contributed by atoms with Crippen molar-refractivity contribution in [2.75, 3.05) is 6.61 Å². The first-order valence-corrected chi connectivity index (χ1v) is 7.60. The van der Waals surface area contributed by atoms with E-state index in [1.165, 1.54) is 5.56 Å². The van der Waals surface area contributed by atoms with Crippen LogP contribution in [0.3, 0.4) is 0 Å². The number of rotatable bonds is 5. The van der Waals surface area contributed by atoms with Gasteiger partial charge in [-0.2, -0.15) is 0 Å². The Labute approximate surface area is 121 Å². The van der Waals surface area contributed by atoms with Crippen molar-refractivity contribution < 1.29 is 9.53 Å². The highest BCUT2D eigenvalue weighted by Gasteiger charge is 2.38. The van der Waals surface area contributed by atoms with E-state index in [1.54, 1.807) is 0 Å². The van der Waals surface area contributed by atoms with Crippen molar-refractivity contribution in [1.82, 2.24) is 0 Å². The van der Waals surface area contributed by atoms with Gasteiger partial charge in [0.1, 0.15) is 5.54 Å². The van der Waals surface area contributed by atoms with Gasteiger partial charge in [0.2, 0.25) is 0 Å². The van der Waals surface area contributed by atoms with Crippen LogP contribution in [0.5, 0.6) is 0 Å². The summed E-state index contributed by atoms with van der Waals surface area (Å²) < 4.78 is 5.38. The van der Waals surface area contributed by atoms with Crippen molar-refractivity contribution in [2.45, 2.75) is 51.0 Å². The van der Waals surface area contributed by atoms with Gasteiger partial charge < -0.3 is 10.5 Å². The van der Waals surface area contributed by atoms with Crippen LogP contribution in [-0.4, -0.2) is 18.1 Å². The Morgan fingerprint density at radius 3 is 2.60 bits per heavy atom. The lowest BCUT2D eigenvalue weighted by atomic mass is 9.78. The standard InChI is InChI=1S/C17H25NO2/c1-14-9-11-17(18,12-10-14)16(19)20-13-5-8-15-6-3-2-4-7-15/h2-4,6-7,14H,5,8-13,18H2,1H3. The summed E-state index contributed by atoms with van der Waals surface area (Å²) >= 11 is 0. The van der Waals surface area contributed by atoms with E-state index in [2.05, 4.69) is 19.1 Å². The molecule has 1 aliphatic rings. The zero-order valence-corrected chi connectivity index (χ0v) is 12.3. The van der Waals surface area contributed by atoms with Gasteiger partial charge in [0, 0.05) is 0 Å². The third-order valence-electron chi connectivity index (χ3n) is 4.26. The topological polar surface area (TPSA) is 52.3 Å². The molecule has 0 saturated heterocycles. The SMILES string of the molecule is CC1CCC(N)(C(=O)OCCCc2ccccc2)CC1. The van der Waals surface area contributed by atoms with E-state index in [1.807, 2.05) is 18.2 Å². The minimum atomic E-state index is -0.737. The normalized spacial score (nSPS) is 26.2. The molecule has 0 heterocycles. The fraction of sp³-hybridized carbons (Fsp3) is 0.588. The zero-order chi connectivity index (χ0) is 14.4. The maximum atomic E-state index is 12.1. The second-order valence-corrected chi connectivity index (χ2v) is 6.06. The van der Waals surface area contributed by atoms with Gasteiger partial charge in [-0.3, -0.25) is 4.79 Å². The maximum absolute atomic E-state index is 12.1. The van der Waals surface area contributed by atoms with E-state index in [-0.39, 0.29) is 5.97 Å². The third-order valence-corrected chi connectivity index (χ3v) is 4.26. The molecule has 3 heteroatoms. The highest BCUT2D eigenvalue weighted by atomic mass is 16.5. The Bertz CT molecular complexity index is 422. The van der Waals surface area contributed by atoms with Crippen LogP contribution in [0.15, 0.2) is 30.3 Å². The van der Waals surface area contributed by atoms with Crippen LogP contribution in [0.25, 0.3) is 0 Å². The van der Waals surface area contributed by atoms with Crippen LogP contribution in [0.2, 0.25) is 0 Å². The Kier molecular flexibility index (Phi) is 5.18. The van der Waals surface area contributed by atoms with Crippen LogP contribution in [0.1, 0.15) is 44.6 Å². The number of aryl methyl sites for hydroxylation is 1. The summed E-state index contributed by atoms with van der Waals surface area (Å²) in [6, 6.07) is 10.2. The molecule has 0 aliphatic heterocycles. The van der Waals surface area contributed by atoms with Gasteiger partial charge in [-0.1, -0.05) is 37.3 Å². The Balaban J connectivity index is 1.70. The van der Waals surface area contributed by atoms with Crippen molar-refractivity contribution in [2.24, 2.45) is 11.7 Å². The molecule has 0 aromatic heterocycles. The molecule has 1 fully saturated rings. The number of carbonyl (C=O) groups is 1. The number of hydrogen-bond acceptors (Lipinski definition) is 3. The summed E-state index contributed by atoms with van der Waals surface area (Å²) in [5.41, 5.74) is 6.72. The average molecular weight is 275 g/mol. The first kappa shape index (κ1) is 15.0. The number of esters is 1. The molecule has 0 unspecified atom stereocenters. The van der Waals surface area contributed by atoms with Gasteiger partial charge >= 0.3 is 5.97 Å². The monoisotopic (exact) mass is 275 g/mol. The number of hydrogen-bond donors (Lipinski definition) is 1.